The molecular weight excluding hydrogens is 661 g/mol. The van der Waals surface area contributed by atoms with Gasteiger partial charge in [-0.3, -0.25) is 28.9 Å². The van der Waals surface area contributed by atoms with Crippen molar-refractivity contribution in [2.24, 2.45) is 17.8 Å². The van der Waals surface area contributed by atoms with Gasteiger partial charge in [0.1, 0.15) is 0 Å². The third-order valence-corrected chi connectivity index (χ3v) is 8.99. The van der Waals surface area contributed by atoms with Crippen molar-refractivity contribution < 1.29 is 38.9 Å². The molecule has 4 aliphatic rings. The molecule has 1 aromatic rings. The van der Waals surface area contributed by atoms with Gasteiger partial charge in [-0.05, 0) is 75.0 Å². The third kappa shape index (κ3) is 4.06. The number of phenols is 1. The molecule has 0 aromatic heterocycles. The number of fused-ring (bicyclic) bond motifs is 3. The number of amides is 2. The van der Waals surface area contributed by atoms with Gasteiger partial charge in [0, 0.05) is 29.7 Å². The molecular formula is C26H21BrINO8. The van der Waals surface area contributed by atoms with Gasteiger partial charge < -0.3 is 14.9 Å². The topological polar surface area (TPSA) is 138 Å². The lowest BCUT2D eigenvalue weighted by atomic mass is 9.59. The summed E-state index contributed by atoms with van der Waals surface area (Å²) < 4.78 is 5.96. The van der Waals surface area contributed by atoms with Gasteiger partial charge in [-0.2, -0.15) is 0 Å². The SMILES string of the molecule is COc1cc(C2C3=CCC4C(=O)N(CCC(=O)O)C(=O)C4C3CC3=C2C(=O)C=C(Br)C3=O)cc(I)c1O. The number of aliphatic carboxylic acids is 1. The van der Waals surface area contributed by atoms with Crippen LogP contribution in [0.4, 0.5) is 0 Å². The van der Waals surface area contributed by atoms with Crippen LogP contribution in [0, 0.1) is 21.3 Å². The molecule has 2 amide bonds. The number of carboxylic acid groups (broad SMARTS) is 1. The number of carbonyl (C=O) groups excluding carboxylic acids is 4. The number of allylic oxidation sites excluding steroid dienone is 6. The maximum Gasteiger partial charge on any atom is 0.305 e. The van der Waals surface area contributed by atoms with Crippen LogP contribution in [-0.4, -0.2) is 58.1 Å². The Hall–Kier alpha value is -2.80. The molecule has 4 atom stereocenters. The predicted molar refractivity (Wildman–Crippen MR) is 141 cm³/mol. The second-order valence-electron chi connectivity index (χ2n) is 9.42. The lowest BCUT2D eigenvalue weighted by Crippen LogP contribution is -2.39. The van der Waals surface area contributed by atoms with Crippen molar-refractivity contribution in [3.8, 4) is 11.5 Å². The number of nitrogens with zero attached hydrogens (tertiary/aromatic N) is 1. The Balaban J connectivity index is 1.65. The van der Waals surface area contributed by atoms with Gasteiger partial charge in [-0.1, -0.05) is 11.6 Å². The highest BCUT2D eigenvalue weighted by atomic mass is 127. The summed E-state index contributed by atoms with van der Waals surface area (Å²) in [5, 5.41) is 19.5. The van der Waals surface area contributed by atoms with E-state index in [4.69, 9.17) is 9.84 Å². The Morgan fingerprint density at radius 3 is 2.59 bits per heavy atom. The van der Waals surface area contributed by atoms with Crippen molar-refractivity contribution in [2.45, 2.75) is 25.2 Å². The number of rotatable bonds is 5. The first-order valence-electron chi connectivity index (χ1n) is 11.6. The molecule has 9 nitrogen and oxygen atoms in total. The Bertz CT molecular complexity index is 1390. The van der Waals surface area contributed by atoms with Crippen molar-refractivity contribution in [3.63, 3.8) is 0 Å². The summed E-state index contributed by atoms with van der Waals surface area (Å²) in [5.74, 6) is -5.10. The number of likely N-dealkylation sites (tertiary alicyclic amines) is 1. The van der Waals surface area contributed by atoms with E-state index in [-0.39, 0.29) is 53.4 Å². The summed E-state index contributed by atoms with van der Waals surface area (Å²) in [6, 6.07) is 3.34. The molecule has 3 aliphatic carbocycles. The van der Waals surface area contributed by atoms with Crippen LogP contribution in [0.3, 0.4) is 0 Å². The zero-order valence-electron chi connectivity index (χ0n) is 19.5. The smallest absolute Gasteiger partial charge is 0.305 e. The Morgan fingerprint density at radius 2 is 1.92 bits per heavy atom. The van der Waals surface area contributed by atoms with Crippen LogP contribution >= 0.6 is 38.5 Å². The van der Waals surface area contributed by atoms with Crippen molar-refractivity contribution in [1.29, 1.82) is 0 Å². The highest BCUT2D eigenvalue weighted by Crippen LogP contribution is 2.56. The second kappa shape index (κ2) is 9.50. The van der Waals surface area contributed by atoms with Crippen molar-refractivity contribution >= 4 is 67.9 Å². The third-order valence-electron chi connectivity index (χ3n) is 7.58. The summed E-state index contributed by atoms with van der Waals surface area (Å²) in [6.45, 7) is -0.210. The molecule has 0 spiro atoms. The molecule has 37 heavy (non-hydrogen) atoms. The molecule has 0 radical (unpaired) electrons. The minimum absolute atomic E-state index is 0.0505. The number of hydrogen-bond donors (Lipinski definition) is 2. The number of carbonyl (C=O) groups is 5. The van der Waals surface area contributed by atoms with Crippen LogP contribution in [0.1, 0.15) is 30.7 Å². The van der Waals surface area contributed by atoms with Gasteiger partial charge in [0.2, 0.25) is 11.8 Å². The molecule has 1 heterocycles. The molecule has 2 N–H and O–H groups in total. The van der Waals surface area contributed by atoms with E-state index in [2.05, 4.69) is 15.9 Å². The molecule has 1 fully saturated rings. The number of ketones is 2. The van der Waals surface area contributed by atoms with E-state index >= 15 is 0 Å². The molecule has 0 bridgehead atoms. The van der Waals surface area contributed by atoms with E-state index in [1.165, 1.54) is 13.2 Å². The first-order valence-corrected chi connectivity index (χ1v) is 13.4. The molecule has 11 heteroatoms. The molecule has 0 saturated carbocycles. The average molecular weight is 682 g/mol. The fraction of sp³-hybridized carbons (Fsp3) is 0.346. The van der Waals surface area contributed by atoms with Crippen molar-refractivity contribution in [2.75, 3.05) is 13.7 Å². The quantitative estimate of drug-likeness (QED) is 0.209. The van der Waals surface area contributed by atoms with Crippen LogP contribution in [0.15, 0.2) is 45.5 Å². The Morgan fingerprint density at radius 1 is 1.19 bits per heavy atom. The zero-order chi connectivity index (χ0) is 26.8. The van der Waals surface area contributed by atoms with Crippen LogP contribution < -0.4 is 4.74 Å². The summed E-state index contributed by atoms with van der Waals surface area (Å²) >= 11 is 5.15. The van der Waals surface area contributed by atoms with Crippen molar-refractivity contribution in [1.82, 2.24) is 4.90 Å². The summed E-state index contributed by atoms with van der Waals surface area (Å²) in [6.07, 6.45) is 3.16. The first-order chi connectivity index (χ1) is 17.5. The number of ether oxygens (including phenoxy) is 1. The van der Waals surface area contributed by atoms with Gasteiger partial charge in [0.05, 0.1) is 33.4 Å². The lowest BCUT2D eigenvalue weighted by molar-refractivity contribution is -0.142. The highest BCUT2D eigenvalue weighted by Gasteiger charge is 2.56. The summed E-state index contributed by atoms with van der Waals surface area (Å²) in [4.78, 5) is 65.2. The van der Waals surface area contributed by atoms with E-state index in [0.717, 1.165) is 10.5 Å². The average Bonchev–Trinajstić information content (AvgIpc) is 3.10. The van der Waals surface area contributed by atoms with Crippen LogP contribution in [-0.2, 0) is 24.0 Å². The number of aromatic hydroxyl groups is 1. The van der Waals surface area contributed by atoms with Gasteiger partial charge in [-0.15, -0.1) is 0 Å². The minimum atomic E-state index is -1.11. The van der Waals surface area contributed by atoms with Gasteiger partial charge in [0.15, 0.2) is 23.1 Å². The fourth-order valence-electron chi connectivity index (χ4n) is 6.00. The molecule has 1 aromatic carbocycles. The first kappa shape index (κ1) is 25.8. The van der Waals surface area contributed by atoms with E-state index in [0.29, 0.717) is 20.3 Å². The second-order valence-corrected chi connectivity index (χ2v) is 11.4. The van der Waals surface area contributed by atoms with Crippen LogP contribution in [0.5, 0.6) is 11.5 Å². The summed E-state index contributed by atoms with van der Waals surface area (Å²) in [7, 11) is 1.41. The largest absolute Gasteiger partial charge is 0.504 e. The van der Waals surface area contributed by atoms with E-state index in [1.807, 2.05) is 28.7 Å². The standard InChI is InChI=1S/C26H21BrINO8/c1-37-18-7-10(6-16(28)24(18)34)20-11-2-3-12-21(26(36)29(25(12)35)5-4-19(31)32)13(11)8-14-22(20)17(30)9-15(27)23(14)33/h2,6-7,9,12-13,20-21,34H,3-5,8H2,1H3,(H,31,32). The number of halogens is 2. The number of phenolic OH excluding ortho intramolecular Hbond substituents is 1. The number of imide groups is 1. The van der Waals surface area contributed by atoms with Gasteiger partial charge >= 0.3 is 5.97 Å². The fourth-order valence-corrected chi connectivity index (χ4v) is 7.07. The molecule has 1 aliphatic heterocycles. The van der Waals surface area contributed by atoms with Gasteiger partial charge in [-0.25, -0.2) is 0 Å². The zero-order valence-corrected chi connectivity index (χ0v) is 23.2. The maximum absolute atomic E-state index is 13.5. The number of hydrogen-bond acceptors (Lipinski definition) is 7. The highest BCUT2D eigenvalue weighted by molar-refractivity contribution is 14.1. The minimum Gasteiger partial charge on any atom is -0.504 e. The molecule has 4 unspecified atom stereocenters. The van der Waals surface area contributed by atoms with Crippen LogP contribution in [0.25, 0.3) is 0 Å². The van der Waals surface area contributed by atoms with E-state index in [9.17, 15) is 29.1 Å². The number of methoxy groups -OCH3 is 1. The lowest BCUT2D eigenvalue weighted by Gasteiger charge is -2.42. The predicted octanol–water partition coefficient (Wildman–Crippen LogP) is 3.24. The Labute approximate surface area is 233 Å². The number of Topliss-reactive ketones (excluding diaryl/α,β-unsaturated/α-hetero) is 1. The van der Waals surface area contributed by atoms with E-state index in [1.54, 1.807) is 12.1 Å². The number of benzene rings is 1. The van der Waals surface area contributed by atoms with Gasteiger partial charge in [0.25, 0.3) is 0 Å². The number of carboxylic acids is 1. The van der Waals surface area contributed by atoms with Crippen molar-refractivity contribution in [3.05, 3.63) is 54.6 Å². The normalized spacial score (nSPS) is 26.9. The molecule has 1 saturated heterocycles. The molecule has 192 valence electrons. The van der Waals surface area contributed by atoms with Crippen LogP contribution in [0.2, 0.25) is 0 Å². The maximum atomic E-state index is 13.5. The summed E-state index contributed by atoms with van der Waals surface area (Å²) in [5.41, 5.74) is 1.99. The molecule has 5 rings (SSSR count). The monoisotopic (exact) mass is 681 g/mol. The van der Waals surface area contributed by atoms with E-state index < -0.39 is 41.5 Å². The Kier molecular flexibility index (Phi) is 6.63.